The van der Waals surface area contributed by atoms with Crippen molar-refractivity contribution in [2.24, 2.45) is 0 Å². The zero-order valence-electron chi connectivity index (χ0n) is 15.0. The fourth-order valence-corrected chi connectivity index (χ4v) is 3.25. The average Bonchev–Trinajstić information content (AvgIpc) is 3.10. The van der Waals surface area contributed by atoms with Gasteiger partial charge in [0, 0.05) is 23.6 Å². The summed E-state index contributed by atoms with van der Waals surface area (Å²) in [7, 11) is 0. The number of phenolic OH excluding ortho intramolecular Hbond substituents is 1. The summed E-state index contributed by atoms with van der Waals surface area (Å²) in [4.78, 5) is 35.4. The Labute approximate surface area is 150 Å². The largest absolute Gasteiger partial charge is 0.507 e. The number of ketones is 3. The second kappa shape index (κ2) is 6.29. The van der Waals surface area contributed by atoms with Gasteiger partial charge in [-0.05, 0) is 45.0 Å². The molecule has 1 N–H and O–H groups in total. The molecule has 0 aliphatic rings. The van der Waals surface area contributed by atoms with Crippen molar-refractivity contribution in [3.8, 4) is 5.75 Å². The summed E-state index contributed by atoms with van der Waals surface area (Å²) in [6.45, 7) is 6.36. The van der Waals surface area contributed by atoms with Gasteiger partial charge in [-0.15, -0.1) is 0 Å². The fourth-order valence-electron chi connectivity index (χ4n) is 3.25. The van der Waals surface area contributed by atoms with Crippen LogP contribution in [-0.2, 0) is 6.54 Å². The van der Waals surface area contributed by atoms with E-state index in [9.17, 15) is 19.5 Å². The van der Waals surface area contributed by atoms with E-state index in [1.165, 1.54) is 26.8 Å². The van der Waals surface area contributed by atoms with Crippen LogP contribution in [0.3, 0.4) is 0 Å². The van der Waals surface area contributed by atoms with Gasteiger partial charge in [-0.1, -0.05) is 0 Å². The number of rotatable bonds is 5. The molecule has 6 heteroatoms. The van der Waals surface area contributed by atoms with Crippen LogP contribution in [0.5, 0.6) is 5.75 Å². The third-order valence-electron chi connectivity index (χ3n) is 4.49. The van der Waals surface area contributed by atoms with Crippen LogP contribution >= 0.6 is 0 Å². The van der Waals surface area contributed by atoms with Crippen molar-refractivity contribution in [1.29, 1.82) is 0 Å². The third-order valence-corrected chi connectivity index (χ3v) is 4.49. The van der Waals surface area contributed by atoms with Crippen molar-refractivity contribution < 1.29 is 23.9 Å². The number of phenols is 1. The van der Waals surface area contributed by atoms with E-state index >= 15 is 0 Å². The number of hydrogen-bond donors (Lipinski definition) is 1. The van der Waals surface area contributed by atoms with Gasteiger partial charge in [0.2, 0.25) is 0 Å². The van der Waals surface area contributed by atoms with Crippen LogP contribution in [0.25, 0.3) is 10.9 Å². The predicted octanol–water partition coefficient (Wildman–Crippen LogP) is 3.90. The van der Waals surface area contributed by atoms with Gasteiger partial charge < -0.3 is 14.1 Å². The summed E-state index contributed by atoms with van der Waals surface area (Å²) in [6, 6.07) is 6.36. The first-order valence-corrected chi connectivity index (χ1v) is 8.18. The van der Waals surface area contributed by atoms with Gasteiger partial charge in [-0.2, -0.15) is 0 Å². The zero-order valence-corrected chi connectivity index (χ0v) is 15.0. The Morgan fingerprint density at radius 2 is 1.73 bits per heavy atom. The number of carbonyl (C=O) groups is 3. The maximum absolute atomic E-state index is 12.1. The second-order valence-electron chi connectivity index (χ2n) is 6.37. The zero-order chi connectivity index (χ0) is 19.2. The summed E-state index contributed by atoms with van der Waals surface area (Å²) in [5.74, 6) is 0.104. The molecule has 2 heterocycles. The van der Waals surface area contributed by atoms with Crippen LogP contribution < -0.4 is 0 Å². The number of fused-ring (bicyclic) bond motifs is 1. The molecule has 0 unspecified atom stereocenters. The molecule has 134 valence electrons. The fraction of sp³-hybridized carbons (Fsp3) is 0.250. The number of Topliss-reactive ketones (excluding diaryl/α,β-unsaturated/α-hetero) is 3. The van der Waals surface area contributed by atoms with Gasteiger partial charge >= 0.3 is 0 Å². The summed E-state index contributed by atoms with van der Waals surface area (Å²) in [5.41, 5.74) is 2.03. The number of hydrogen-bond acceptors (Lipinski definition) is 5. The maximum Gasteiger partial charge on any atom is 0.194 e. The molecule has 0 atom stereocenters. The molecule has 0 bridgehead atoms. The van der Waals surface area contributed by atoms with Crippen LogP contribution in [0.15, 0.2) is 28.7 Å². The summed E-state index contributed by atoms with van der Waals surface area (Å²) < 4.78 is 7.40. The van der Waals surface area contributed by atoms with Crippen molar-refractivity contribution in [2.45, 2.75) is 34.2 Å². The highest BCUT2D eigenvalue weighted by molar-refractivity contribution is 6.11. The van der Waals surface area contributed by atoms with Crippen LogP contribution in [0.4, 0.5) is 0 Å². The third kappa shape index (κ3) is 2.83. The molecular weight excluding hydrogens is 334 g/mol. The van der Waals surface area contributed by atoms with Crippen molar-refractivity contribution >= 4 is 28.3 Å². The maximum atomic E-state index is 12.1. The molecule has 0 aliphatic carbocycles. The normalized spacial score (nSPS) is 11.1. The predicted molar refractivity (Wildman–Crippen MR) is 96.2 cm³/mol. The lowest BCUT2D eigenvalue weighted by Gasteiger charge is -2.08. The molecule has 26 heavy (non-hydrogen) atoms. The molecule has 6 nitrogen and oxygen atoms in total. The molecular formula is C20H19NO5. The average molecular weight is 353 g/mol. The molecule has 2 aromatic heterocycles. The topological polar surface area (TPSA) is 89.5 Å². The second-order valence-corrected chi connectivity index (χ2v) is 6.37. The number of benzene rings is 1. The molecule has 0 fully saturated rings. The molecule has 3 rings (SSSR count). The first-order chi connectivity index (χ1) is 12.2. The van der Waals surface area contributed by atoms with Crippen molar-refractivity contribution in [3.63, 3.8) is 0 Å². The Bertz CT molecular complexity index is 1070. The van der Waals surface area contributed by atoms with E-state index in [0.717, 1.165) is 0 Å². The highest BCUT2D eigenvalue weighted by atomic mass is 16.3. The lowest BCUT2D eigenvalue weighted by atomic mass is 10.0. The Morgan fingerprint density at radius 3 is 2.27 bits per heavy atom. The van der Waals surface area contributed by atoms with Gasteiger partial charge in [0.25, 0.3) is 0 Å². The van der Waals surface area contributed by atoms with E-state index in [1.807, 2.05) is 4.57 Å². The van der Waals surface area contributed by atoms with Crippen LogP contribution in [0.2, 0.25) is 0 Å². The molecule has 0 radical (unpaired) electrons. The minimum absolute atomic E-state index is 0.134. The Kier molecular flexibility index (Phi) is 4.28. The Hall–Kier alpha value is -3.15. The van der Waals surface area contributed by atoms with Crippen LogP contribution in [-0.4, -0.2) is 27.0 Å². The monoisotopic (exact) mass is 353 g/mol. The SMILES string of the molecule is CC(=O)c1ccc(Cn2c(C)c(C(C)=O)c3cc(O)c(C(C)=O)cc32)o1. The smallest absolute Gasteiger partial charge is 0.194 e. The lowest BCUT2D eigenvalue weighted by Crippen LogP contribution is -2.03. The van der Waals surface area contributed by atoms with Gasteiger partial charge in [-0.25, -0.2) is 0 Å². The molecule has 1 aromatic carbocycles. The summed E-state index contributed by atoms with van der Waals surface area (Å²) in [5, 5.41) is 10.7. The summed E-state index contributed by atoms with van der Waals surface area (Å²) >= 11 is 0. The molecule has 0 saturated carbocycles. The standard InChI is InChI=1S/C20H19NO5/c1-10-20(13(4)24)16-8-18(25)15(11(2)22)7-17(16)21(10)9-14-5-6-19(26-14)12(3)23/h5-8,25H,9H2,1-4H3. The van der Waals surface area contributed by atoms with Gasteiger partial charge in [0.05, 0.1) is 17.6 Å². The number of nitrogens with zero attached hydrogens (tertiary/aromatic N) is 1. The number of furan rings is 1. The molecule has 0 aliphatic heterocycles. The van der Waals surface area contributed by atoms with Gasteiger partial charge in [-0.3, -0.25) is 14.4 Å². The van der Waals surface area contributed by atoms with E-state index in [1.54, 1.807) is 25.1 Å². The van der Waals surface area contributed by atoms with E-state index in [4.69, 9.17) is 4.42 Å². The van der Waals surface area contributed by atoms with Crippen molar-refractivity contribution in [2.75, 3.05) is 0 Å². The van der Waals surface area contributed by atoms with Gasteiger partial charge in [0.15, 0.2) is 23.1 Å². The Balaban J connectivity index is 2.23. The minimum Gasteiger partial charge on any atom is -0.507 e. The first-order valence-electron chi connectivity index (χ1n) is 8.18. The van der Waals surface area contributed by atoms with Crippen LogP contribution in [0, 0.1) is 6.92 Å². The lowest BCUT2D eigenvalue weighted by molar-refractivity contribution is 0.0982. The molecule has 0 saturated heterocycles. The Morgan fingerprint density at radius 1 is 1.04 bits per heavy atom. The number of aromatic nitrogens is 1. The highest BCUT2D eigenvalue weighted by Crippen LogP contribution is 2.33. The molecule has 3 aromatic rings. The quantitative estimate of drug-likeness (QED) is 0.703. The number of carbonyl (C=O) groups excluding carboxylic acids is 3. The highest BCUT2D eigenvalue weighted by Gasteiger charge is 2.21. The van der Waals surface area contributed by atoms with Crippen LogP contribution in [0.1, 0.15) is 63.5 Å². The van der Waals surface area contributed by atoms with E-state index < -0.39 is 0 Å². The molecule has 0 amide bonds. The van der Waals surface area contributed by atoms with Gasteiger partial charge in [0.1, 0.15) is 11.5 Å². The van der Waals surface area contributed by atoms with Crippen molar-refractivity contribution in [1.82, 2.24) is 4.57 Å². The summed E-state index contributed by atoms with van der Waals surface area (Å²) in [6.07, 6.45) is 0. The first kappa shape index (κ1) is 17.7. The minimum atomic E-state index is -0.268. The van der Waals surface area contributed by atoms with Crippen molar-refractivity contribution in [3.05, 3.63) is 52.6 Å². The van der Waals surface area contributed by atoms with E-state index in [0.29, 0.717) is 34.5 Å². The van der Waals surface area contributed by atoms with E-state index in [2.05, 4.69) is 0 Å². The molecule has 0 spiro atoms. The number of aromatic hydroxyl groups is 1. The van der Waals surface area contributed by atoms with E-state index in [-0.39, 0.29) is 34.4 Å².